The van der Waals surface area contributed by atoms with Gasteiger partial charge in [0.2, 0.25) is 5.91 Å². The van der Waals surface area contributed by atoms with E-state index in [0.29, 0.717) is 23.5 Å². The zero-order valence-electron chi connectivity index (χ0n) is 14.4. The van der Waals surface area contributed by atoms with Gasteiger partial charge in [-0.05, 0) is 42.7 Å². The quantitative estimate of drug-likeness (QED) is 0.772. The lowest BCUT2D eigenvalue weighted by molar-refractivity contribution is 0.0454. The standard InChI is InChI=1S/C20H21NO5/c21-19(22)15-9-7-14(8-10-15)12-26-20(23)17-5-1-2-6-18(17)25-13-16-4-3-11-24-16/h1-2,5-10,16H,3-4,11-13H2,(H2,21,22)/t16-/m1/s1. The maximum Gasteiger partial charge on any atom is 0.342 e. The third kappa shape index (κ3) is 4.61. The van der Waals surface area contributed by atoms with Crippen molar-refractivity contribution in [3.05, 3.63) is 65.2 Å². The number of ether oxygens (including phenoxy) is 3. The zero-order valence-corrected chi connectivity index (χ0v) is 14.4. The molecule has 3 rings (SSSR count). The van der Waals surface area contributed by atoms with Crippen LogP contribution in [-0.2, 0) is 16.1 Å². The molecular formula is C20H21NO5. The number of benzene rings is 2. The number of hydrogen-bond acceptors (Lipinski definition) is 5. The first-order valence-corrected chi connectivity index (χ1v) is 8.53. The van der Waals surface area contributed by atoms with Gasteiger partial charge in [-0.15, -0.1) is 0 Å². The Bertz CT molecular complexity index is 766. The van der Waals surface area contributed by atoms with Gasteiger partial charge in [0, 0.05) is 12.2 Å². The van der Waals surface area contributed by atoms with E-state index in [0.717, 1.165) is 25.0 Å². The summed E-state index contributed by atoms with van der Waals surface area (Å²) in [5.74, 6) is -0.477. The van der Waals surface area contributed by atoms with Crippen molar-refractivity contribution in [2.45, 2.75) is 25.6 Å². The Kier molecular flexibility index (Phi) is 5.86. The van der Waals surface area contributed by atoms with Gasteiger partial charge in [0.05, 0.1) is 6.10 Å². The Hall–Kier alpha value is -2.86. The second-order valence-corrected chi connectivity index (χ2v) is 6.08. The highest BCUT2D eigenvalue weighted by molar-refractivity contribution is 5.93. The van der Waals surface area contributed by atoms with Gasteiger partial charge in [0.15, 0.2) is 0 Å². The van der Waals surface area contributed by atoms with Crippen LogP contribution in [0.4, 0.5) is 0 Å². The van der Waals surface area contributed by atoms with Crippen LogP contribution in [0.1, 0.15) is 39.1 Å². The van der Waals surface area contributed by atoms with E-state index in [-0.39, 0.29) is 12.7 Å². The maximum absolute atomic E-state index is 12.4. The average molecular weight is 355 g/mol. The first-order valence-electron chi connectivity index (χ1n) is 8.53. The molecule has 0 saturated carbocycles. The molecule has 136 valence electrons. The van der Waals surface area contributed by atoms with Crippen LogP contribution in [0.5, 0.6) is 5.75 Å². The monoisotopic (exact) mass is 355 g/mol. The molecule has 2 aromatic rings. The molecule has 0 radical (unpaired) electrons. The minimum absolute atomic E-state index is 0.0721. The summed E-state index contributed by atoms with van der Waals surface area (Å²) in [6.45, 7) is 1.27. The predicted octanol–water partition coefficient (Wildman–Crippen LogP) is 2.70. The predicted molar refractivity (Wildman–Crippen MR) is 95.0 cm³/mol. The van der Waals surface area contributed by atoms with Gasteiger partial charge in [-0.1, -0.05) is 24.3 Å². The number of esters is 1. The zero-order chi connectivity index (χ0) is 18.4. The van der Waals surface area contributed by atoms with Crippen molar-refractivity contribution in [3.63, 3.8) is 0 Å². The Morgan fingerprint density at radius 1 is 1.12 bits per heavy atom. The van der Waals surface area contributed by atoms with E-state index in [1.165, 1.54) is 0 Å². The Labute approximate surface area is 151 Å². The number of primary amides is 1. The van der Waals surface area contributed by atoms with E-state index >= 15 is 0 Å². The fourth-order valence-electron chi connectivity index (χ4n) is 2.71. The summed E-state index contributed by atoms with van der Waals surface area (Å²) >= 11 is 0. The second-order valence-electron chi connectivity index (χ2n) is 6.08. The fourth-order valence-corrected chi connectivity index (χ4v) is 2.71. The number of hydrogen-bond donors (Lipinski definition) is 1. The van der Waals surface area contributed by atoms with Crippen LogP contribution in [0.15, 0.2) is 48.5 Å². The van der Waals surface area contributed by atoms with Crippen LogP contribution >= 0.6 is 0 Å². The van der Waals surface area contributed by atoms with Gasteiger partial charge in [-0.2, -0.15) is 0 Å². The molecule has 0 aromatic heterocycles. The normalized spacial score (nSPS) is 16.2. The van der Waals surface area contributed by atoms with Gasteiger partial charge in [0.1, 0.15) is 24.5 Å². The Balaban J connectivity index is 1.59. The largest absolute Gasteiger partial charge is 0.490 e. The van der Waals surface area contributed by atoms with Crippen molar-refractivity contribution in [1.82, 2.24) is 0 Å². The number of rotatable bonds is 7. The minimum atomic E-state index is -0.495. The summed E-state index contributed by atoms with van der Waals surface area (Å²) < 4.78 is 16.7. The summed E-state index contributed by atoms with van der Waals surface area (Å²) in [4.78, 5) is 23.5. The van der Waals surface area contributed by atoms with Gasteiger partial charge >= 0.3 is 5.97 Å². The van der Waals surface area contributed by atoms with E-state index in [2.05, 4.69) is 0 Å². The molecule has 1 heterocycles. The van der Waals surface area contributed by atoms with Crippen molar-refractivity contribution >= 4 is 11.9 Å². The van der Waals surface area contributed by atoms with Crippen molar-refractivity contribution < 1.29 is 23.8 Å². The lowest BCUT2D eigenvalue weighted by atomic mass is 10.1. The SMILES string of the molecule is NC(=O)c1ccc(COC(=O)c2ccccc2OC[C@H]2CCCO2)cc1. The van der Waals surface area contributed by atoms with Crippen LogP contribution in [-0.4, -0.2) is 31.2 Å². The molecule has 1 saturated heterocycles. The average Bonchev–Trinajstić information content (AvgIpc) is 3.18. The van der Waals surface area contributed by atoms with Crippen molar-refractivity contribution in [2.75, 3.05) is 13.2 Å². The number of carbonyl (C=O) groups excluding carboxylic acids is 2. The van der Waals surface area contributed by atoms with Crippen LogP contribution in [0.25, 0.3) is 0 Å². The third-order valence-electron chi connectivity index (χ3n) is 4.16. The van der Waals surface area contributed by atoms with E-state index in [1.54, 1.807) is 42.5 Å². The molecule has 0 aliphatic carbocycles. The van der Waals surface area contributed by atoms with Crippen LogP contribution in [0.3, 0.4) is 0 Å². The Morgan fingerprint density at radius 2 is 1.88 bits per heavy atom. The summed E-state index contributed by atoms with van der Waals surface area (Å²) in [6, 6.07) is 13.6. The highest BCUT2D eigenvalue weighted by atomic mass is 16.5. The van der Waals surface area contributed by atoms with E-state index in [9.17, 15) is 9.59 Å². The van der Waals surface area contributed by atoms with E-state index in [1.807, 2.05) is 6.07 Å². The fraction of sp³-hybridized carbons (Fsp3) is 0.300. The molecular weight excluding hydrogens is 334 g/mol. The number of nitrogens with two attached hydrogens (primary N) is 1. The lowest BCUT2D eigenvalue weighted by Gasteiger charge is -2.14. The Morgan fingerprint density at radius 3 is 2.58 bits per heavy atom. The summed E-state index contributed by atoms with van der Waals surface area (Å²) in [7, 11) is 0. The molecule has 0 bridgehead atoms. The van der Waals surface area contributed by atoms with Crippen molar-refractivity contribution in [1.29, 1.82) is 0 Å². The van der Waals surface area contributed by atoms with Gasteiger partial charge < -0.3 is 19.9 Å². The smallest absolute Gasteiger partial charge is 0.342 e. The maximum atomic E-state index is 12.4. The molecule has 1 aliphatic heterocycles. The first kappa shape index (κ1) is 17.9. The molecule has 6 heteroatoms. The molecule has 1 atom stereocenters. The van der Waals surface area contributed by atoms with E-state index in [4.69, 9.17) is 19.9 Å². The van der Waals surface area contributed by atoms with Gasteiger partial charge in [-0.25, -0.2) is 4.79 Å². The van der Waals surface area contributed by atoms with Crippen LogP contribution in [0.2, 0.25) is 0 Å². The number of amides is 1. The summed E-state index contributed by atoms with van der Waals surface area (Å²) in [5.41, 5.74) is 6.75. The molecule has 1 fully saturated rings. The lowest BCUT2D eigenvalue weighted by Crippen LogP contribution is -2.17. The molecule has 26 heavy (non-hydrogen) atoms. The molecule has 0 unspecified atom stereocenters. The molecule has 1 aliphatic rings. The van der Waals surface area contributed by atoms with Gasteiger partial charge in [-0.3, -0.25) is 4.79 Å². The van der Waals surface area contributed by atoms with Crippen molar-refractivity contribution in [3.8, 4) is 5.75 Å². The highest BCUT2D eigenvalue weighted by Crippen LogP contribution is 2.21. The van der Waals surface area contributed by atoms with Crippen LogP contribution < -0.4 is 10.5 Å². The molecule has 0 spiro atoms. The van der Waals surface area contributed by atoms with E-state index < -0.39 is 11.9 Å². The molecule has 2 aromatic carbocycles. The highest BCUT2D eigenvalue weighted by Gasteiger charge is 2.19. The number of carbonyl (C=O) groups is 2. The van der Waals surface area contributed by atoms with Crippen LogP contribution in [0, 0.1) is 0 Å². The first-order chi connectivity index (χ1) is 12.6. The summed E-state index contributed by atoms with van der Waals surface area (Å²) in [6.07, 6.45) is 2.07. The van der Waals surface area contributed by atoms with Crippen molar-refractivity contribution in [2.24, 2.45) is 5.73 Å². The summed E-state index contributed by atoms with van der Waals surface area (Å²) in [5, 5.41) is 0. The van der Waals surface area contributed by atoms with Gasteiger partial charge in [0.25, 0.3) is 0 Å². The third-order valence-corrected chi connectivity index (χ3v) is 4.16. The minimum Gasteiger partial charge on any atom is -0.490 e. The second kappa shape index (κ2) is 8.49. The molecule has 6 nitrogen and oxygen atoms in total. The topological polar surface area (TPSA) is 87.9 Å². The molecule has 2 N–H and O–H groups in total. The number of para-hydroxylation sites is 1. The molecule has 1 amide bonds.